The SMILES string of the molecule is CCCN(C(=O)CC)C(c1ccc(F)cc1)c1cccnc1. The summed E-state index contributed by atoms with van der Waals surface area (Å²) in [5, 5.41) is 0. The summed E-state index contributed by atoms with van der Waals surface area (Å²) < 4.78 is 13.2. The van der Waals surface area contributed by atoms with Crippen LogP contribution in [0.3, 0.4) is 0 Å². The van der Waals surface area contributed by atoms with Crippen LogP contribution >= 0.6 is 0 Å². The lowest BCUT2D eigenvalue weighted by atomic mass is 9.97. The van der Waals surface area contributed by atoms with Gasteiger partial charge >= 0.3 is 0 Å². The minimum atomic E-state index is -0.280. The first-order valence-electron chi connectivity index (χ1n) is 7.62. The zero-order valence-corrected chi connectivity index (χ0v) is 13.0. The van der Waals surface area contributed by atoms with Gasteiger partial charge in [0, 0.05) is 25.4 Å². The van der Waals surface area contributed by atoms with Crippen LogP contribution in [0.15, 0.2) is 48.8 Å². The summed E-state index contributed by atoms with van der Waals surface area (Å²) in [6, 6.07) is 9.90. The molecule has 0 aliphatic heterocycles. The van der Waals surface area contributed by atoms with Crippen LogP contribution in [-0.4, -0.2) is 22.3 Å². The molecule has 1 heterocycles. The van der Waals surface area contributed by atoms with Crippen LogP contribution in [0.4, 0.5) is 4.39 Å². The fourth-order valence-electron chi connectivity index (χ4n) is 2.58. The highest BCUT2D eigenvalue weighted by molar-refractivity contribution is 5.77. The predicted octanol–water partition coefficient (Wildman–Crippen LogP) is 3.96. The van der Waals surface area contributed by atoms with Crippen molar-refractivity contribution in [1.82, 2.24) is 9.88 Å². The van der Waals surface area contributed by atoms with Gasteiger partial charge < -0.3 is 4.90 Å². The number of rotatable bonds is 6. The molecule has 1 aromatic heterocycles. The molecular formula is C18H21FN2O. The average molecular weight is 300 g/mol. The number of carbonyl (C=O) groups is 1. The molecule has 0 spiro atoms. The third-order valence-corrected chi connectivity index (χ3v) is 3.58. The van der Waals surface area contributed by atoms with E-state index in [1.165, 1.54) is 12.1 Å². The Morgan fingerprint density at radius 2 is 1.91 bits per heavy atom. The maximum absolute atomic E-state index is 13.2. The van der Waals surface area contributed by atoms with Gasteiger partial charge in [-0.15, -0.1) is 0 Å². The molecule has 4 heteroatoms. The van der Waals surface area contributed by atoms with Crippen molar-refractivity contribution in [2.24, 2.45) is 0 Å². The van der Waals surface area contributed by atoms with E-state index < -0.39 is 0 Å². The normalized spacial score (nSPS) is 12.0. The number of pyridine rings is 1. The van der Waals surface area contributed by atoms with E-state index in [9.17, 15) is 9.18 Å². The van der Waals surface area contributed by atoms with E-state index in [1.807, 2.05) is 30.9 Å². The molecule has 0 bridgehead atoms. The van der Waals surface area contributed by atoms with Crippen molar-refractivity contribution in [2.75, 3.05) is 6.54 Å². The number of carbonyl (C=O) groups excluding carboxylic acids is 1. The topological polar surface area (TPSA) is 33.2 Å². The Hall–Kier alpha value is -2.23. The van der Waals surface area contributed by atoms with Gasteiger partial charge in [0.15, 0.2) is 0 Å². The van der Waals surface area contributed by atoms with Crippen molar-refractivity contribution in [3.63, 3.8) is 0 Å². The van der Waals surface area contributed by atoms with Gasteiger partial charge in [0.25, 0.3) is 0 Å². The number of nitrogens with zero attached hydrogens (tertiary/aromatic N) is 2. The molecule has 2 aromatic rings. The summed E-state index contributed by atoms with van der Waals surface area (Å²) in [5.74, 6) is -0.197. The first-order chi connectivity index (χ1) is 10.7. The van der Waals surface area contributed by atoms with Gasteiger partial charge in [-0.2, -0.15) is 0 Å². The van der Waals surface area contributed by atoms with E-state index in [-0.39, 0.29) is 17.8 Å². The van der Waals surface area contributed by atoms with Gasteiger partial charge in [-0.05, 0) is 35.7 Å². The van der Waals surface area contributed by atoms with Gasteiger partial charge in [-0.1, -0.05) is 32.0 Å². The van der Waals surface area contributed by atoms with E-state index >= 15 is 0 Å². The predicted molar refractivity (Wildman–Crippen MR) is 84.8 cm³/mol. The minimum absolute atomic E-state index is 0.0834. The van der Waals surface area contributed by atoms with Crippen LogP contribution in [0.2, 0.25) is 0 Å². The fraction of sp³-hybridized carbons (Fsp3) is 0.333. The van der Waals surface area contributed by atoms with Gasteiger partial charge in [0.2, 0.25) is 5.91 Å². The molecule has 0 N–H and O–H groups in total. The second kappa shape index (κ2) is 7.69. The number of aromatic nitrogens is 1. The second-order valence-corrected chi connectivity index (χ2v) is 5.18. The van der Waals surface area contributed by atoms with Crippen molar-refractivity contribution in [2.45, 2.75) is 32.7 Å². The van der Waals surface area contributed by atoms with Crippen molar-refractivity contribution in [3.8, 4) is 0 Å². The molecule has 0 aliphatic rings. The Morgan fingerprint density at radius 3 is 2.45 bits per heavy atom. The fourth-order valence-corrected chi connectivity index (χ4v) is 2.58. The van der Waals surface area contributed by atoms with Crippen LogP contribution in [0.1, 0.15) is 43.9 Å². The molecule has 116 valence electrons. The Balaban J connectivity index is 2.48. The Morgan fingerprint density at radius 1 is 1.18 bits per heavy atom. The molecular weight excluding hydrogens is 279 g/mol. The molecule has 22 heavy (non-hydrogen) atoms. The van der Waals surface area contributed by atoms with Gasteiger partial charge in [0.05, 0.1) is 6.04 Å². The standard InChI is InChI=1S/C18H21FN2O/c1-3-12-21(17(22)4-2)18(15-6-5-11-20-13-15)14-7-9-16(19)10-8-14/h5-11,13,18H,3-4,12H2,1-2H3. The lowest BCUT2D eigenvalue weighted by molar-refractivity contribution is -0.132. The third kappa shape index (κ3) is 3.70. The molecule has 1 unspecified atom stereocenters. The largest absolute Gasteiger partial charge is 0.332 e. The number of hydrogen-bond donors (Lipinski definition) is 0. The zero-order valence-electron chi connectivity index (χ0n) is 13.0. The summed E-state index contributed by atoms with van der Waals surface area (Å²) in [6.45, 7) is 4.56. The van der Waals surface area contributed by atoms with E-state index in [2.05, 4.69) is 4.98 Å². The van der Waals surface area contributed by atoms with Crippen LogP contribution in [-0.2, 0) is 4.79 Å². The lowest BCUT2D eigenvalue weighted by Crippen LogP contribution is -2.35. The van der Waals surface area contributed by atoms with Gasteiger partial charge in [0.1, 0.15) is 5.82 Å². The third-order valence-electron chi connectivity index (χ3n) is 3.58. The second-order valence-electron chi connectivity index (χ2n) is 5.18. The molecule has 0 saturated heterocycles. The molecule has 3 nitrogen and oxygen atoms in total. The van der Waals surface area contributed by atoms with Gasteiger partial charge in [-0.3, -0.25) is 9.78 Å². The maximum atomic E-state index is 13.2. The van der Waals surface area contributed by atoms with Crippen molar-refractivity contribution >= 4 is 5.91 Å². The average Bonchev–Trinajstić information content (AvgIpc) is 2.56. The number of hydrogen-bond acceptors (Lipinski definition) is 2. The van der Waals surface area contributed by atoms with E-state index in [0.29, 0.717) is 13.0 Å². The van der Waals surface area contributed by atoms with Crippen LogP contribution in [0, 0.1) is 5.82 Å². The quantitative estimate of drug-likeness (QED) is 0.809. The highest BCUT2D eigenvalue weighted by Gasteiger charge is 2.25. The Labute approximate surface area is 130 Å². The molecule has 2 rings (SSSR count). The van der Waals surface area contributed by atoms with Crippen LogP contribution < -0.4 is 0 Å². The first-order valence-corrected chi connectivity index (χ1v) is 7.62. The number of halogens is 1. The molecule has 1 aromatic carbocycles. The summed E-state index contributed by atoms with van der Waals surface area (Å²) in [6.07, 6.45) is 4.78. The lowest BCUT2D eigenvalue weighted by Gasteiger charge is -2.32. The molecule has 1 atom stereocenters. The summed E-state index contributed by atoms with van der Waals surface area (Å²) in [5.41, 5.74) is 1.83. The maximum Gasteiger partial charge on any atom is 0.223 e. The molecule has 0 fully saturated rings. The molecule has 1 amide bonds. The van der Waals surface area contributed by atoms with E-state index in [0.717, 1.165) is 17.5 Å². The van der Waals surface area contributed by atoms with E-state index in [1.54, 1.807) is 24.5 Å². The van der Waals surface area contributed by atoms with Crippen molar-refractivity contribution in [1.29, 1.82) is 0 Å². The smallest absolute Gasteiger partial charge is 0.223 e. The summed E-state index contributed by atoms with van der Waals surface area (Å²) in [7, 11) is 0. The van der Waals surface area contributed by atoms with E-state index in [4.69, 9.17) is 0 Å². The number of benzene rings is 1. The summed E-state index contributed by atoms with van der Waals surface area (Å²) >= 11 is 0. The Bertz CT molecular complexity index is 598. The molecule has 0 saturated carbocycles. The van der Waals surface area contributed by atoms with Crippen molar-refractivity contribution < 1.29 is 9.18 Å². The van der Waals surface area contributed by atoms with Crippen LogP contribution in [0.25, 0.3) is 0 Å². The molecule has 0 aliphatic carbocycles. The van der Waals surface area contributed by atoms with Gasteiger partial charge in [-0.25, -0.2) is 4.39 Å². The van der Waals surface area contributed by atoms with Crippen molar-refractivity contribution in [3.05, 3.63) is 65.7 Å². The highest BCUT2D eigenvalue weighted by Crippen LogP contribution is 2.29. The number of amides is 1. The molecule has 0 radical (unpaired) electrons. The van der Waals surface area contributed by atoms with Crippen LogP contribution in [0.5, 0.6) is 0 Å². The minimum Gasteiger partial charge on any atom is -0.332 e. The monoisotopic (exact) mass is 300 g/mol. The highest BCUT2D eigenvalue weighted by atomic mass is 19.1. The summed E-state index contributed by atoms with van der Waals surface area (Å²) in [4.78, 5) is 18.4. The Kier molecular flexibility index (Phi) is 5.64. The zero-order chi connectivity index (χ0) is 15.9. The first kappa shape index (κ1) is 16.1.